The first-order valence-corrected chi connectivity index (χ1v) is 12.7. The molecular weight excluding hydrogens is 456 g/mol. The second-order valence-corrected chi connectivity index (χ2v) is 10.3. The molecule has 0 aliphatic rings. The maximum absolute atomic E-state index is 12.7. The molecule has 0 unspecified atom stereocenters. The molecule has 33 heavy (non-hydrogen) atoms. The van der Waals surface area contributed by atoms with Crippen molar-refractivity contribution in [1.29, 1.82) is 0 Å². The maximum Gasteiger partial charge on any atom is 0.251 e. The number of aromatic nitrogens is 2. The van der Waals surface area contributed by atoms with Crippen LogP contribution in [0.4, 0.5) is 0 Å². The van der Waals surface area contributed by atoms with Crippen molar-refractivity contribution in [3.63, 3.8) is 0 Å². The third kappa shape index (κ3) is 5.22. The van der Waals surface area contributed by atoms with Gasteiger partial charge in [0, 0.05) is 34.8 Å². The number of nitrogens with one attached hydrogen (secondary N) is 2. The fourth-order valence-corrected chi connectivity index (χ4v) is 5.21. The minimum absolute atomic E-state index is 0.117. The number of thiophene rings is 1. The van der Waals surface area contributed by atoms with Crippen LogP contribution >= 0.6 is 11.3 Å². The number of rotatable bonds is 8. The number of amides is 1. The van der Waals surface area contributed by atoms with Crippen molar-refractivity contribution in [3.05, 3.63) is 99.5 Å². The summed E-state index contributed by atoms with van der Waals surface area (Å²) >= 11 is 1.49. The first-order chi connectivity index (χ1) is 15.8. The molecular formula is C24H24N4O3S2. The predicted molar refractivity (Wildman–Crippen MR) is 129 cm³/mol. The summed E-state index contributed by atoms with van der Waals surface area (Å²) in [5, 5.41) is 9.40. The summed E-state index contributed by atoms with van der Waals surface area (Å²) in [6, 6.07) is 19.5. The van der Waals surface area contributed by atoms with Gasteiger partial charge >= 0.3 is 0 Å². The first kappa shape index (κ1) is 22.9. The number of carbonyl (C=O) groups excluding carboxylic acids is 1. The standard InChI is InChI=1S/C24H24N4O3S2/c1-17-23(18(2)28(27-17)20-7-4-3-5-8-20)16-25-24(29)19-10-12-22(13-11-19)33(30,31)26-15-21-9-6-14-32-21/h3-14,26H,15-16H2,1-2H3,(H,25,29). The zero-order valence-corrected chi connectivity index (χ0v) is 19.9. The number of nitrogens with zero attached hydrogens (tertiary/aromatic N) is 2. The molecule has 0 bridgehead atoms. The summed E-state index contributed by atoms with van der Waals surface area (Å²) in [5.74, 6) is -0.281. The number of carbonyl (C=O) groups is 1. The Bertz CT molecular complexity index is 1340. The summed E-state index contributed by atoms with van der Waals surface area (Å²) in [6.45, 7) is 4.44. The van der Waals surface area contributed by atoms with Crippen molar-refractivity contribution >= 4 is 27.3 Å². The van der Waals surface area contributed by atoms with Crippen LogP contribution in [-0.2, 0) is 23.1 Å². The molecule has 0 fully saturated rings. The van der Waals surface area contributed by atoms with Gasteiger partial charge in [-0.05, 0) is 61.7 Å². The average molecular weight is 481 g/mol. The fourth-order valence-electron chi connectivity index (χ4n) is 3.47. The summed E-state index contributed by atoms with van der Waals surface area (Å²) in [6.07, 6.45) is 0. The first-order valence-electron chi connectivity index (χ1n) is 10.4. The molecule has 1 amide bonds. The van der Waals surface area contributed by atoms with Crippen molar-refractivity contribution in [2.45, 2.75) is 31.8 Å². The van der Waals surface area contributed by atoms with Gasteiger partial charge in [0.05, 0.1) is 16.3 Å². The molecule has 9 heteroatoms. The van der Waals surface area contributed by atoms with E-state index in [0.717, 1.165) is 27.5 Å². The van der Waals surface area contributed by atoms with Gasteiger partial charge in [0.15, 0.2) is 0 Å². The number of aryl methyl sites for hydroxylation is 1. The van der Waals surface area contributed by atoms with E-state index in [1.165, 1.54) is 35.6 Å². The lowest BCUT2D eigenvalue weighted by Crippen LogP contribution is -2.24. The Morgan fingerprint density at radius 2 is 1.70 bits per heavy atom. The van der Waals surface area contributed by atoms with Crippen molar-refractivity contribution in [1.82, 2.24) is 19.8 Å². The van der Waals surface area contributed by atoms with E-state index in [4.69, 9.17) is 0 Å². The van der Waals surface area contributed by atoms with Crippen molar-refractivity contribution in [3.8, 4) is 5.69 Å². The van der Waals surface area contributed by atoms with E-state index in [9.17, 15) is 13.2 Å². The Morgan fingerprint density at radius 1 is 0.970 bits per heavy atom. The molecule has 170 valence electrons. The molecule has 7 nitrogen and oxygen atoms in total. The highest BCUT2D eigenvalue weighted by Crippen LogP contribution is 2.18. The maximum atomic E-state index is 12.7. The minimum atomic E-state index is -3.66. The lowest BCUT2D eigenvalue weighted by Gasteiger charge is -2.09. The second kappa shape index (κ2) is 9.70. The van der Waals surface area contributed by atoms with E-state index >= 15 is 0 Å². The topological polar surface area (TPSA) is 93.1 Å². The lowest BCUT2D eigenvalue weighted by molar-refractivity contribution is 0.0950. The number of sulfonamides is 1. The number of hydrogen-bond donors (Lipinski definition) is 2. The van der Waals surface area contributed by atoms with Crippen LogP contribution in [-0.4, -0.2) is 24.1 Å². The van der Waals surface area contributed by atoms with Crippen LogP contribution in [0, 0.1) is 13.8 Å². The molecule has 2 aromatic carbocycles. The summed E-state index contributed by atoms with van der Waals surface area (Å²) in [7, 11) is -3.66. The van der Waals surface area contributed by atoms with Gasteiger partial charge in [0.1, 0.15) is 0 Å². The largest absolute Gasteiger partial charge is 0.348 e. The predicted octanol–water partition coefficient (Wildman–Crippen LogP) is 3.96. The number of benzene rings is 2. The van der Waals surface area contributed by atoms with Crippen LogP contribution in [0.25, 0.3) is 5.69 Å². The zero-order chi connectivity index (χ0) is 23.4. The molecule has 0 atom stereocenters. The van der Waals surface area contributed by atoms with E-state index in [1.807, 2.05) is 66.4 Å². The molecule has 0 spiro atoms. The highest BCUT2D eigenvalue weighted by atomic mass is 32.2. The van der Waals surface area contributed by atoms with Crippen molar-refractivity contribution in [2.75, 3.05) is 0 Å². The van der Waals surface area contributed by atoms with Gasteiger partial charge in [-0.25, -0.2) is 17.8 Å². The lowest BCUT2D eigenvalue weighted by atomic mass is 10.1. The Hall–Kier alpha value is -3.27. The van der Waals surface area contributed by atoms with Crippen molar-refractivity contribution < 1.29 is 13.2 Å². The monoisotopic (exact) mass is 480 g/mol. The molecule has 2 N–H and O–H groups in total. The van der Waals surface area contributed by atoms with Gasteiger partial charge in [0.2, 0.25) is 10.0 Å². The molecule has 4 aromatic rings. The molecule has 0 saturated heterocycles. The second-order valence-electron chi connectivity index (χ2n) is 7.51. The summed E-state index contributed by atoms with van der Waals surface area (Å²) in [5.41, 5.74) is 4.09. The SMILES string of the molecule is Cc1nn(-c2ccccc2)c(C)c1CNC(=O)c1ccc(S(=O)(=O)NCc2cccs2)cc1. The van der Waals surface area contributed by atoms with Crippen LogP contribution in [0.3, 0.4) is 0 Å². The van der Waals surface area contributed by atoms with Gasteiger partial charge in [-0.3, -0.25) is 4.79 Å². The molecule has 2 heterocycles. The molecule has 4 rings (SSSR count). The van der Waals surface area contributed by atoms with Gasteiger partial charge in [-0.15, -0.1) is 11.3 Å². The third-order valence-electron chi connectivity index (χ3n) is 5.31. The Labute approximate surface area is 197 Å². The Morgan fingerprint density at radius 3 is 2.36 bits per heavy atom. The van der Waals surface area contributed by atoms with Crippen LogP contribution in [0.15, 0.2) is 77.0 Å². The van der Waals surface area contributed by atoms with Gasteiger partial charge in [-0.1, -0.05) is 24.3 Å². The highest BCUT2D eigenvalue weighted by molar-refractivity contribution is 7.89. The fraction of sp³-hybridized carbons (Fsp3) is 0.167. The Kier molecular flexibility index (Phi) is 6.73. The van der Waals surface area contributed by atoms with Gasteiger partial charge in [-0.2, -0.15) is 5.10 Å². The molecule has 0 radical (unpaired) electrons. The normalized spacial score (nSPS) is 11.5. The van der Waals surface area contributed by atoms with E-state index in [0.29, 0.717) is 12.1 Å². The van der Waals surface area contributed by atoms with Crippen LogP contribution < -0.4 is 10.0 Å². The van der Waals surface area contributed by atoms with Gasteiger partial charge in [0.25, 0.3) is 5.91 Å². The number of hydrogen-bond acceptors (Lipinski definition) is 5. The minimum Gasteiger partial charge on any atom is -0.348 e. The molecule has 0 aliphatic carbocycles. The van der Waals surface area contributed by atoms with E-state index in [2.05, 4.69) is 15.1 Å². The summed E-state index contributed by atoms with van der Waals surface area (Å²) < 4.78 is 29.4. The zero-order valence-electron chi connectivity index (χ0n) is 18.3. The van der Waals surface area contributed by atoms with Gasteiger partial charge < -0.3 is 5.32 Å². The highest BCUT2D eigenvalue weighted by Gasteiger charge is 2.17. The van der Waals surface area contributed by atoms with E-state index < -0.39 is 10.0 Å². The smallest absolute Gasteiger partial charge is 0.251 e. The Balaban J connectivity index is 1.41. The van der Waals surface area contributed by atoms with E-state index in [-0.39, 0.29) is 17.3 Å². The summed E-state index contributed by atoms with van der Waals surface area (Å²) in [4.78, 5) is 13.7. The van der Waals surface area contributed by atoms with Crippen LogP contribution in [0.1, 0.15) is 32.2 Å². The average Bonchev–Trinajstić information content (AvgIpc) is 3.45. The number of para-hydroxylation sites is 1. The molecule has 0 aliphatic heterocycles. The van der Waals surface area contributed by atoms with Crippen LogP contribution in [0.5, 0.6) is 0 Å². The third-order valence-corrected chi connectivity index (χ3v) is 7.60. The molecule has 2 aromatic heterocycles. The van der Waals surface area contributed by atoms with Crippen LogP contribution in [0.2, 0.25) is 0 Å². The molecule has 0 saturated carbocycles. The van der Waals surface area contributed by atoms with Crippen molar-refractivity contribution in [2.24, 2.45) is 0 Å². The van der Waals surface area contributed by atoms with E-state index in [1.54, 1.807) is 0 Å². The quantitative estimate of drug-likeness (QED) is 0.399.